The molecule has 4 nitrogen and oxygen atoms in total. The third-order valence-corrected chi connectivity index (χ3v) is 4.35. The van der Waals surface area contributed by atoms with E-state index < -0.39 is 0 Å². The van der Waals surface area contributed by atoms with Crippen LogP contribution in [0.4, 0.5) is 0 Å². The van der Waals surface area contributed by atoms with Gasteiger partial charge in [-0.15, -0.1) is 0 Å². The molecule has 0 bridgehead atoms. The van der Waals surface area contributed by atoms with Crippen molar-refractivity contribution in [1.29, 1.82) is 0 Å². The van der Waals surface area contributed by atoms with Crippen LogP contribution in [0.5, 0.6) is 0 Å². The number of fused-ring (bicyclic) bond motifs is 1. The largest absolute Gasteiger partial charge is 0.380 e. The van der Waals surface area contributed by atoms with Crippen LogP contribution in [-0.2, 0) is 35.5 Å². The normalized spacial score (nSPS) is 13.7. The van der Waals surface area contributed by atoms with E-state index in [-0.39, 0.29) is 5.91 Å². The van der Waals surface area contributed by atoms with E-state index in [1.807, 2.05) is 35.5 Å². The zero-order valence-corrected chi connectivity index (χ0v) is 13.5. The Kier molecular flexibility index (Phi) is 5.03. The van der Waals surface area contributed by atoms with Crippen molar-refractivity contribution < 1.29 is 9.53 Å². The molecule has 0 N–H and O–H groups in total. The van der Waals surface area contributed by atoms with Gasteiger partial charge in [-0.2, -0.15) is 0 Å². The SMILES string of the molecule is COCc1cncc2c1CCN(C(=O)CCc1ccccc1)C2. The second-order valence-corrected chi connectivity index (χ2v) is 5.92. The van der Waals surface area contributed by atoms with Crippen LogP contribution < -0.4 is 0 Å². The van der Waals surface area contributed by atoms with Gasteiger partial charge in [0.25, 0.3) is 0 Å². The topological polar surface area (TPSA) is 42.4 Å². The van der Waals surface area contributed by atoms with Crippen LogP contribution in [0.25, 0.3) is 0 Å². The van der Waals surface area contributed by atoms with E-state index in [4.69, 9.17) is 4.74 Å². The number of hydrogen-bond donors (Lipinski definition) is 0. The number of nitrogens with zero attached hydrogens (tertiary/aromatic N) is 2. The van der Waals surface area contributed by atoms with Gasteiger partial charge in [0.2, 0.25) is 5.91 Å². The summed E-state index contributed by atoms with van der Waals surface area (Å²) in [7, 11) is 1.70. The predicted octanol–water partition coefficient (Wildman–Crippen LogP) is 2.75. The number of methoxy groups -OCH3 is 1. The van der Waals surface area contributed by atoms with Crippen molar-refractivity contribution in [2.24, 2.45) is 0 Å². The molecular formula is C19H22N2O2. The Bertz CT molecular complexity index is 670. The maximum Gasteiger partial charge on any atom is 0.223 e. The van der Waals surface area contributed by atoms with Gasteiger partial charge < -0.3 is 9.64 Å². The van der Waals surface area contributed by atoms with Crippen LogP contribution in [0.3, 0.4) is 0 Å². The number of carbonyl (C=O) groups excluding carboxylic acids is 1. The number of hydrogen-bond acceptors (Lipinski definition) is 3. The van der Waals surface area contributed by atoms with E-state index in [0.717, 1.165) is 30.5 Å². The highest BCUT2D eigenvalue weighted by atomic mass is 16.5. The molecule has 23 heavy (non-hydrogen) atoms. The van der Waals surface area contributed by atoms with Crippen LogP contribution in [0.2, 0.25) is 0 Å². The minimum absolute atomic E-state index is 0.219. The summed E-state index contributed by atoms with van der Waals surface area (Å²) in [4.78, 5) is 18.7. The minimum atomic E-state index is 0.219. The molecule has 0 unspecified atom stereocenters. The molecule has 1 amide bonds. The molecule has 0 saturated carbocycles. The highest BCUT2D eigenvalue weighted by Crippen LogP contribution is 2.22. The fourth-order valence-electron chi connectivity index (χ4n) is 3.11. The number of aryl methyl sites for hydroxylation is 1. The van der Waals surface area contributed by atoms with E-state index in [1.54, 1.807) is 7.11 Å². The van der Waals surface area contributed by atoms with Crippen LogP contribution in [0.1, 0.15) is 28.7 Å². The first-order valence-corrected chi connectivity index (χ1v) is 8.03. The molecule has 0 saturated heterocycles. The minimum Gasteiger partial charge on any atom is -0.380 e. The quantitative estimate of drug-likeness (QED) is 0.853. The van der Waals surface area contributed by atoms with Gasteiger partial charge in [-0.25, -0.2) is 0 Å². The molecule has 3 rings (SSSR count). The van der Waals surface area contributed by atoms with E-state index in [2.05, 4.69) is 17.1 Å². The third kappa shape index (κ3) is 3.77. The van der Waals surface area contributed by atoms with E-state index >= 15 is 0 Å². The third-order valence-electron chi connectivity index (χ3n) is 4.35. The average Bonchev–Trinajstić information content (AvgIpc) is 2.60. The van der Waals surface area contributed by atoms with Crippen molar-refractivity contribution in [2.45, 2.75) is 32.4 Å². The molecule has 0 fully saturated rings. The number of aromatic nitrogens is 1. The molecule has 1 aliphatic heterocycles. The van der Waals surface area contributed by atoms with Crippen molar-refractivity contribution in [3.05, 3.63) is 65.0 Å². The lowest BCUT2D eigenvalue weighted by molar-refractivity contribution is -0.132. The Labute approximate surface area is 137 Å². The van der Waals surface area contributed by atoms with Crippen molar-refractivity contribution in [3.8, 4) is 0 Å². The molecule has 4 heteroatoms. The fraction of sp³-hybridized carbons (Fsp3) is 0.368. The summed E-state index contributed by atoms with van der Waals surface area (Å²) < 4.78 is 5.24. The lowest BCUT2D eigenvalue weighted by atomic mass is 9.97. The van der Waals surface area contributed by atoms with Crippen LogP contribution >= 0.6 is 0 Å². The molecule has 0 spiro atoms. The highest BCUT2D eigenvalue weighted by molar-refractivity contribution is 5.76. The lowest BCUT2D eigenvalue weighted by Gasteiger charge is -2.30. The molecule has 1 aromatic carbocycles. The van der Waals surface area contributed by atoms with Gasteiger partial charge in [-0.05, 0) is 35.1 Å². The molecule has 120 valence electrons. The summed E-state index contributed by atoms with van der Waals surface area (Å²) in [6.45, 7) is 2.02. The standard InChI is InChI=1S/C19H22N2O2/c1-23-14-17-12-20-11-16-13-21(10-9-18(16)17)19(22)8-7-15-5-3-2-4-6-15/h2-6,11-12H,7-10,13-14H2,1H3. The number of carbonyl (C=O) groups is 1. The Morgan fingerprint density at radius 2 is 2.09 bits per heavy atom. The molecule has 0 radical (unpaired) electrons. The van der Waals surface area contributed by atoms with Crippen molar-refractivity contribution in [3.63, 3.8) is 0 Å². The molecular weight excluding hydrogens is 288 g/mol. The molecule has 1 aliphatic rings. The van der Waals surface area contributed by atoms with Crippen LogP contribution in [0.15, 0.2) is 42.7 Å². The van der Waals surface area contributed by atoms with Crippen molar-refractivity contribution >= 4 is 5.91 Å². The summed E-state index contributed by atoms with van der Waals surface area (Å²) in [6.07, 6.45) is 5.99. The molecule has 0 aliphatic carbocycles. The van der Waals surface area contributed by atoms with Crippen molar-refractivity contribution in [2.75, 3.05) is 13.7 Å². The van der Waals surface area contributed by atoms with Crippen molar-refractivity contribution in [1.82, 2.24) is 9.88 Å². The zero-order valence-electron chi connectivity index (χ0n) is 13.5. The van der Waals surface area contributed by atoms with Gasteiger partial charge in [0.05, 0.1) is 6.61 Å². The average molecular weight is 310 g/mol. The molecule has 2 aromatic rings. The number of ether oxygens (including phenoxy) is 1. The van der Waals surface area contributed by atoms with Gasteiger partial charge in [-0.3, -0.25) is 9.78 Å². The summed E-state index contributed by atoms with van der Waals surface area (Å²) in [5, 5.41) is 0. The van der Waals surface area contributed by atoms with Gasteiger partial charge in [-0.1, -0.05) is 30.3 Å². The van der Waals surface area contributed by atoms with E-state index in [1.165, 1.54) is 11.1 Å². The van der Waals surface area contributed by atoms with Gasteiger partial charge in [0.1, 0.15) is 0 Å². The van der Waals surface area contributed by atoms with Gasteiger partial charge in [0, 0.05) is 39.0 Å². The second kappa shape index (κ2) is 7.38. The first-order valence-electron chi connectivity index (χ1n) is 8.03. The van der Waals surface area contributed by atoms with Gasteiger partial charge >= 0.3 is 0 Å². The highest BCUT2D eigenvalue weighted by Gasteiger charge is 2.22. The Morgan fingerprint density at radius 3 is 2.87 bits per heavy atom. The number of amides is 1. The summed E-state index contributed by atoms with van der Waals surface area (Å²) in [5.41, 5.74) is 4.80. The summed E-state index contributed by atoms with van der Waals surface area (Å²) in [5.74, 6) is 0.219. The number of rotatable bonds is 5. The number of pyridine rings is 1. The lowest BCUT2D eigenvalue weighted by Crippen LogP contribution is -2.36. The van der Waals surface area contributed by atoms with Crippen LogP contribution in [-0.4, -0.2) is 29.4 Å². The number of benzene rings is 1. The summed E-state index contributed by atoms with van der Waals surface area (Å²) >= 11 is 0. The smallest absolute Gasteiger partial charge is 0.223 e. The molecule has 2 heterocycles. The fourth-order valence-corrected chi connectivity index (χ4v) is 3.11. The predicted molar refractivity (Wildman–Crippen MR) is 88.8 cm³/mol. The van der Waals surface area contributed by atoms with Gasteiger partial charge in [0.15, 0.2) is 0 Å². The second-order valence-electron chi connectivity index (χ2n) is 5.92. The Morgan fingerprint density at radius 1 is 1.26 bits per heavy atom. The maximum atomic E-state index is 12.5. The Hall–Kier alpha value is -2.20. The Balaban J connectivity index is 1.63. The maximum absolute atomic E-state index is 12.5. The first-order chi connectivity index (χ1) is 11.3. The first kappa shape index (κ1) is 15.7. The molecule has 0 atom stereocenters. The monoisotopic (exact) mass is 310 g/mol. The molecule has 1 aromatic heterocycles. The van der Waals surface area contributed by atoms with E-state index in [9.17, 15) is 4.79 Å². The summed E-state index contributed by atoms with van der Waals surface area (Å²) in [6, 6.07) is 10.2. The van der Waals surface area contributed by atoms with Crippen LogP contribution in [0, 0.1) is 0 Å². The zero-order chi connectivity index (χ0) is 16.1. The van der Waals surface area contributed by atoms with E-state index in [0.29, 0.717) is 19.6 Å².